The number of piperazine rings is 1. The molecule has 0 unspecified atom stereocenters. The Bertz CT molecular complexity index is 946. The van der Waals surface area contributed by atoms with Crippen molar-refractivity contribution in [3.63, 3.8) is 0 Å². The topological polar surface area (TPSA) is 48.5 Å². The molecule has 1 fully saturated rings. The minimum absolute atomic E-state index is 0.0458. The highest BCUT2D eigenvalue weighted by molar-refractivity contribution is 5.94. The van der Waals surface area contributed by atoms with Gasteiger partial charge in [0, 0.05) is 16.7 Å². The lowest BCUT2D eigenvalue weighted by molar-refractivity contribution is -0.929. The molecule has 3 aromatic rings. The predicted molar refractivity (Wildman–Crippen MR) is 112 cm³/mol. The molecule has 4 nitrogen and oxygen atoms in total. The maximum absolute atomic E-state index is 12.8. The highest BCUT2D eigenvalue weighted by Gasteiger charge is 2.31. The summed E-state index contributed by atoms with van der Waals surface area (Å²) < 4.78 is 0. The van der Waals surface area contributed by atoms with E-state index in [2.05, 4.69) is 66.7 Å². The van der Waals surface area contributed by atoms with Crippen LogP contribution in [0.1, 0.15) is 33.1 Å². The Hall–Kier alpha value is -3.42. The van der Waals surface area contributed by atoms with E-state index in [0.29, 0.717) is 11.1 Å². The summed E-state index contributed by atoms with van der Waals surface area (Å²) in [5.41, 5.74) is 3.83. The van der Waals surface area contributed by atoms with Crippen molar-refractivity contribution in [3.05, 3.63) is 107 Å². The molecule has 1 aliphatic heterocycles. The summed E-state index contributed by atoms with van der Waals surface area (Å²) in [6.45, 7) is 3.25. The summed E-state index contributed by atoms with van der Waals surface area (Å²) in [6.07, 6.45) is 0. The number of rotatable bonds is 4. The van der Waals surface area contributed by atoms with Crippen molar-refractivity contribution in [2.45, 2.75) is 6.04 Å². The molecule has 4 heteroatoms. The first-order valence-electron chi connectivity index (χ1n) is 10.00. The fourth-order valence-corrected chi connectivity index (χ4v) is 4.11. The number of nitriles is 1. The fourth-order valence-electron chi connectivity index (χ4n) is 4.11. The molecule has 0 bridgehead atoms. The first-order chi connectivity index (χ1) is 14.3. The first-order valence-corrected chi connectivity index (χ1v) is 10.00. The standard InChI is InChI=1S/C25H23N3O/c26-19-20-11-13-23(14-12-20)25(29)28-17-15-27(16-18-28)24(21-7-3-1-4-8-21)22-9-5-2-6-10-22/h1-14,24H,15-18H2/p+1. The number of amides is 1. The minimum atomic E-state index is 0.0458. The molecule has 0 atom stereocenters. The summed E-state index contributed by atoms with van der Waals surface area (Å²) in [6, 6.07) is 30.5. The number of hydrogen-bond donors (Lipinski definition) is 1. The van der Waals surface area contributed by atoms with Gasteiger partial charge in [0.15, 0.2) is 0 Å². The second-order valence-corrected chi connectivity index (χ2v) is 7.39. The van der Waals surface area contributed by atoms with E-state index in [0.717, 1.165) is 26.2 Å². The number of carbonyl (C=O) groups excluding carboxylic acids is 1. The first kappa shape index (κ1) is 18.9. The monoisotopic (exact) mass is 382 g/mol. The molecule has 0 radical (unpaired) electrons. The average molecular weight is 382 g/mol. The summed E-state index contributed by atoms with van der Waals surface area (Å²) in [4.78, 5) is 16.3. The third-order valence-corrected chi connectivity index (χ3v) is 5.63. The molecular weight excluding hydrogens is 358 g/mol. The lowest BCUT2D eigenvalue weighted by Crippen LogP contribution is -3.15. The number of quaternary nitrogens is 1. The number of hydrogen-bond acceptors (Lipinski definition) is 2. The van der Waals surface area contributed by atoms with Crippen LogP contribution in [0.15, 0.2) is 84.9 Å². The van der Waals surface area contributed by atoms with Gasteiger partial charge < -0.3 is 9.80 Å². The van der Waals surface area contributed by atoms with Crippen LogP contribution in [0.5, 0.6) is 0 Å². The maximum atomic E-state index is 12.8. The lowest BCUT2D eigenvalue weighted by Gasteiger charge is -2.37. The van der Waals surface area contributed by atoms with Crippen molar-refractivity contribution in [1.29, 1.82) is 5.26 Å². The smallest absolute Gasteiger partial charge is 0.254 e. The van der Waals surface area contributed by atoms with E-state index in [1.807, 2.05) is 4.90 Å². The number of nitrogens with one attached hydrogen (secondary N) is 1. The average Bonchev–Trinajstić information content (AvgIpc) is 2.81. The Morgan fingerprint density at radius 3 is 1.83 bits per heavy atom. The van der Waals surface area contributed by atoms with E-state index < -0.39 is 0 Å². The zero-order chi connectivity index (χ0) is 20.1. The maximum Gasteiger partial charge on any atom is 0.254 e. The van der Waals surface area contributed by atoms with Crippen LogP contribution in [0.3, 0.4) is 0 Å². The van der Waals surface area contributed by atoms with Gasteiger partial charge in [0.1, 0.15) is 6.04 Å². The van der Waals surface area contributed by atoms with Gasteiger partial charge in [0.25, 0.3) is 5.91 Å². The van der Waals surface area contributed by atoms with E-state index in [-0.39, 0.29) is 11.9 Å². The van der Waals surface area contributed by atoms with Crippen molar-refractivity contribution in [1.82, 2.24) is 4.90 Å². The second kappa shape index (κ2) is 8.72. The Morgan fingerprint density at radius 1 is 0.828 bits per heavy atom. The van der Waals surface area contributed by atoms with E-state index in [9.17, 15) is 4.79 Å². The van der Waals surface area contributed by atoms with Gasteiger partial charge in [0.05, 0.1) is 37.8 Å². The summed E-state index contributed by atoms with van der Waals surface area (Å²) in [5, 5.41) is 8.94. The van der Waals surface area contributed by atoms with Crippen molar-refractivity contribution in [2.75, 3.05) is 26.2 Å². The minimum Gasteiger partial charge on any atom is -0.327 e. The van der Waals surface area contributed by atoms with Gasteiger partial charge in [-0.15, -0.1) is 0 Å². The van der Waals surface area contributed by atoms with Gasteiger partial charge in [-0.3, -0.25) is 4.79 Å². The summed E-state index contributed by atoms with van der Waals surface area (Å²) in [7, 11) is 0. The quantitative estimate of drug-likeness (QED) is 0.754. The van der Waals surface area contributed by atoms with Gasteiger partial charge >= 0.3 is 0 Å². The van der Waals surface area contributed by atoms with Crippen LogP contribution in [0.4, 0.5) is 0 Å². The Morgan fingerprint density at radius 2 is 1.34 bits per heavy atom. The molecule has 0 aliphatic carbocycles. The highest BCUT2D eigenvalue weighted by atomic mass is 16.2. The van der Waals surface area contributed by atoms with Crippen LogP contribution in [-0.2, 0) is 0 Å². The van der Waals surface area contributed by atoms with Crippen LogP contribution in [0.25, 0.3) is 0 Å². The molecule has 3 aromatic carbocycles. The fraction of sp³-hybridized carbons (Fsp3) is 0.200. The Labute approximate surface area is 171 Å². The van der Waals surface area contributed by atoms with E-state index in [4.69, 9.17) is 5.26 Å². The predicted octanol–water partition coefficient (Wildman–Crippen LogP) is 2.69. The zero-order valence-corrected chi connectivity index (χ0v) is 16.3. The second-order valence-electron chi connectivity index (χ2n) is 7.39. The van der Waals surface area contributed by atoms with Crippen LogP contribution in [0, 0.1) is 11.3 Å². The molecule has 1 heterocycles. The SMILES string of the molecule is N#Cc1ccc(C(=O)N2CC[NH+](C(c3ccccc3)c3ccccc3)CC2)cc1. The van der Waals surface area contributed by atoms with Crippen molar-refractivity contribution < 1.29 is 9.69 Å². The number of nitrogens with zero attached hydrogens (tertiary/aromatic N) is 2. The van der Waals surface area contributed by atoms with Crippen LogP contribution >= 0.6 is 0 Å². The molecule has 1 N–H and O–H groups in total. The lowest BCUT2D eigenvalue weighted by atomic mass is 9.96. The molecule has 0 spiro atoms. The van der Waals surface area contributed by atoms with Gasteiger partial charge in [-0.25, -0.2) is 0 Å². The molecule has 1 aliphatic rings. The molecule has 29 heavy (non-hydrogen) atoms. The highest BCUT2D eigenvalue weighted by Crippen LogP contribution is 2.19. The van der Waals surface area contributed by atoms with Gasteiger partial charge in [-0.1, -0.05) is 60.7 Å². The largest absolute Gasteiger partial charge is 0.327 e. The van der Waals surface area contributed by atoms with E-state index in [1.165, 1.54) is 16.0 Å². The summed E-state index contributed by atoms with van der Waals surface area (Å²) in [5.74, 6) is 0.0458. The Kier molecular flexibility index (Phi) is 5.69. The molecule has 144 valence electrons. The normalized spacial score (nSPS) is 14.6. The Balaban J connectivity index is 1.49. The van der Waals surface area contributed by atoms with Crippen LogP contribution in [0.2, 0.25) is 0 Å². The molecule has 1 amide bonds. The third-order valence-electron chi connectivity index (χ3n) is 5.63. The van der Waals surface area contributed by atoms with Crippen molar-refractivity contribution in [2.24, 2.45) is 0 Å². The van der Waals surface area contributed by atoms with E-state index >= 15 is 0 Å². The number of carbonyl (C=O) groups is 1. The molecular formula is C25H24N3O+. The summed E-state index contributed by atoms with van der Waals surface area (Å²) >= 11 is 0. The van der Waals surface area contributed by atoms with Crippen molar-refractivity contribution in [3.8, 4) is 6.07 Å². The zero-order valence-electron chi connectivity index (χ0n) is 16.3. The molecule has 0 saturated carbocycles. The van der Waals surface area contributed by atoms with Gasteiger partial charge in [-0.05, 0) is 24.3 Å². The van der Waals surface area contributed by atoms with E-state index in [1.54, 1.807) is 24.3 Å². The third kappa shape index (κ3) is 4.21. The van der Waals surface area contributed by atoms with Crippen LogP contribution < -0.4 is 4.90 Å². The van der Waals surface area contributed by atoms with Crippen LogP contribution in [-0.4, -0.2) is 37.0 Å². The molecule has 1 saturated heterocycles. The molecule has 4 rings (SSSR count). The number of benzene rings is 3. The van der Waals surface area contributed by atoms with Gasteiger partial charge in [-0.2, -0.15) is 5.26 Å². The van der Waals surface area contributed by atoms with Crippen molar-refractivity contribution >= 4 is 5.91 Å². The van der Waals surface area contributed by atoms with Gasteiger partial charge in [0.2, 0.25) is 0 Å². The molecule has 0 aromatic heterocycles.